The largest absolute Gasteiger partial charge is 0.480 e. The standard InChI is InChI=1S/C49H64N8O9.C32H40N4O7.C18H27N3O3.3CH4/c1-34(50)51-26-14-24-39(49(64)65-2)29-44(59)57(31-36-18-8-4-9-19-36)55-47(62)42-25-15-27-56(42)48(63)41(33-66-32-37-20-10-5-11-21-37)54-46(61)40(28-35-16-6-3-7-17-35)53-43(58)30-52-45(60)38-22-12-13-23-38;37-28(19-33-29(38)24-14-7-8-15-24)34-25(18-22-10-3-1-4-11-22)30(39)35-26(21-43-20-23-12-5-2-6-13-23)31(40)36-17-9-16-27(36)32(41)42;1-14(19)20-11-7-10-16(18(23)24-3)12-17(22)21(2)13-15-8-5-4-6-9-15;;;/h3-11,16-21,38-42H,12-15,22-33H2,1-2H3,(H2,50,51)(H,52,60)(H,53,58)(H,54,61)(H,55,62);1-6,10-13,24-27H,7-9,14-21H2,(H,33,38)(H,34,37)(H,35,39)(H,41,42);4-6,8-9,16H,7,10-13H2,1-3H3,(H2,19,20);3*1H4. The molecule has 2 aliphatic heterocycles. The second-order valence-electron chi connectivity index (χ2n) is 33.7. The van der Waals surface area contributed by atoms with Crippen LogP contribution >= 0.6 is 0 Å². The highest BCUT2D eigenvalue weighted by Gasteiger charge is 2.42. The van der Waals surface area contributed by atoms with Crippen LogP contribution in [-0.2, 0) is 125 Å². The number of nitrogens with zero attached hydrogens (tertiary/aromatic N) is 6. The summed E-state index contributed by atoms with van der Waals surface area (Å²) in [5.74, 6) is -7.77. The number of likely N-dealkylation sites (tertiary alicyclic amines) is 2. The van der Waals surface area contributed by atoms with Gasteiger partial charge in [-0.25, -0.2) is 9.80 Å². The van der Waals surface area contributed by atoms with Gasteiger partial charge in [0.15, 0.2) is 0 Å². The van der Waals surface area contributed by atoms with Gasteiger partial charge in [0.1, 0.15) is 36.3 Å². The molecule has 0 radical (unpaired) electrons. The van der Waals surface area contributed by atoms with Gasteiger partial charge in [0.25, 0.3) is 5.91 Å². The first-order chi connectivity index (χ1) is 64.2. The quantitative estimate of drug-likeness (QED) is 0.00560. The molecule has 12 N–H and O–H groups in total. The van der Waals surface area contributed by atoms with E-state index in [9.17, 15) is 72.2 Å². The van der Waals surface area contributed by atoms with Crippen LogP contribution in [-0.4, -0.2) is 229 Å². The number of amides is 11. The molecular formula is C102H143N15O19. The molecule has 2 aliphatic carbocycles. The van der Waals surface area contributed by atoms with Crippen LogP contribution in [0, 0.1) is 23.7 Å². The number of nitrogens with one attached hydrogen (secondary N) is 7. The zero-order valence-electron chi connectivity index (χ0n) is 76.9. The Bertz CT molecular complexity index is 4770. The predicted molar refractivity (Wildman–Crippen MR) is 519 cm³/mol. The van der Waals surface area contributed by atoms with Crippen molar-refractivity contribution >= 4 is 94.6 Å². The lowest BCUT2D eigenvalue weighted by atomic mass is 9.98. The van der Waals surface area contributed by atoms with E-state index in [1.54, 1.807) is 50.1 Å². The Labute approximate surface area is 800 Å². The topological polar surface area (TPSA) is 470 Å². The zero-order valence-corrected chi connectivity index (χ0v) is 76.9. The van der Waals surface area contributed by atoms with E-state index in [2.05, 4.69) is 47.3 Å². The first-order valence-electron chi connectivity index (χ1n) is 45.7. The number of hydrogen-bond donors (Lipinski definition) is 10. The molecule has 4 aliphatic rings. The Hall–Kier alpha value is -13.2. The number of aliphatic carboxylic acids is 1. The van der Waals surface area contributed by atoms with E-state index < -0.39 is 107 Å². The average Bonchev–Trinajstić information content (AvgIpc) is 1.57. The van der Waals surface area contributed by atoms with Gasteiger partial charge in [-0.15, -0.1) is 0 Å². The van der Waals surface area contributed by atoms with Crippen LogP contribution in [0.5, 0.6) is 0 Å². The van der Waals surface area contributed by atoms with Gasteiger partial charge >= 0.3 is 17.9 Å². The van der Waals surface area contributed by atoms with Crippen molar-refractivity contribution in [3.63, 3.8) is 0 Å². The lowest BCUT2D eigenvalue weighted by molar-refractivity contribution is -0.152. The maximum Gasteiger partial charge on any atom is 0.326 e. The molecule has 2 saturated heterocycles. The number of carbonyl (C=O) groups excluding carboxylic acids is 13. The van der Waals surface area contributed by atoms with Crippen LogP contribution in [0.15, 0.2) is 192 Å². The van der Waals surface area contributed by atoms with Crippen LogP contribution in [0.3, 0.4) is 0 Å². The molecule has 740 valence electrons. The van der Waals surface area contributed by atoms with Crippen LogP contribution in [0.25, 0.3) is 0 Å². The van der Waals surface area contributed by atoms with E-state index in [0.29, 0.717) is 81.8 Å². The summed E-state index contributed by atoms with van der Waals surface area (Å²) in [5, 5.41) is 27.2. The number of carboxylic acids is 1. The van der Waals surface area contributed by atoms with Crippen molar-refractivity contribution in [1.82, 2.24) is 57.0 Å². The summed E-state index contributed by atoms with van der Waals surface area (Å²) >= 11 is 0. The van der Waals surface area contributed by atoms with Crippen molar-refractivity contribution in [3.05, 3.63) is 215 Å². The molecule has 2 heterocycles. The molecule has 6 aromatic rings. The highest BCUT2D eigenvalue weighted by molar-refractivity contribution is 5.97. The Balaban J connectivity index is 0.000000399. The normalized spacial score (nSPS) is 15.9. The molecule has 4 fully saturated rings. The second-order valence-corrected chi connectivity index (χ2v) is 33.7. The molecule has 10 rings (SSSR count). The van der Waals surface area contributed by atoms with E-state index in [1.165, 1.54) is 24.0 Å². The van der Waals surface area contributed by atoms with Crippen molar-refractivity contribution < 1.29 is 91.2 Å². The highest BCUT2D eigenvalue weighted by Crippen LogP contribution is 2.28. The molecule has 8 unspecified atom stereocenters. The molecule has 34 heteroatoms. The molecule has 8 atom stereocenters. The SMILES string of the molecule is C.C.C.COC(=O)C(CCCN=C(C)N)CC(=O)N(C)Cc1ccccc1.COC(=O)C(CCCN=C(C)N)CC(=O)N(Cc1ccccc1)NC(=O)C1CCCN1C(=O)C(COCc1ccccc1)NC(=O)C(Cc1ccccc1)NC(=O)CNC(=O)C1CCCC1.O=C(CNC(=O)C1CCCC1)NC(Cc1ccccc1)C(=O)NC(COCc1ccccc1)C(=O)N1CCCC1C(=O)O. The van der Waals surface area contributed by atoms with Crippen molar-refractivity contribution in [3.8, 4) is 0 Å². The number of hydrazine groups is 1. The molecule has 34 nitrogen and oxygen atoms in total. The fourth-order valence-corrected chi connectivity index (χ4v) is 16.2. The van der Waals surface area contributed by atoms with Gasteiger partial charge in [-0.05, 0) is 124 Å². The van der Waals surface area contributed by atoms with Crippen LogP contribution in [0.1, 0.15) is 185 Å². The molecule has 0 spiro atoms. The summed E-state index contributed by atoms with van der Waals surface area (Å²) in [6.45, 7) is 4.47. The van der Waals surface area contributed by atoms with Gasteiger partial charge in [0.05, 0.1) is 83.8 Å². The highest BCUT2D eigenvalue weighted by atomic mass is 16.5. The maximum absolute atomic E-state index is 14.6. The fraction of sp³-hybridized carbons (Fsp3) is 0.490. The van der Waals surface area contributed by atoms with E-state index in [-0.39, 0.29) is 149 Å². The molecule has 136 heavy (non-hydrogen) atoms. The van der Waals surface area contributed by atoms with Gasteiger partial charge in [-0.1, -0.05) is 230 Å². The lowest BCUT2D eigenvalue weighted by Crippen LogP contribution is -2.59. The van der Waals surface area contributed by atoms with Crippen LogP contribution in [0.2, 0.25) is 0 Å². The van der Waals surface area contributed by atoms with Gasteiger partial charge in [-0.3, -0.25) is 77.7 Å². The summed E-state index contributed by atoms with van der Waals surface area (Å²) in [5.41, 5.74) is 18.9. The maximum atomic E-state index is 14.6. The van der Waals surface area contributed by atoms with E-state index >= 15 is 0 Å². The Morgan fingerprint density at radius 1 is 0.434 bits per heavy atom. The average molecular weight is 1880 g/mol. The first kappa shape index (κ1) is 113. The Morgan fingerprint density at radius 3 is 1.15 bits per heavy atom. The number of amidine groups is 2. The number of aliphatic imine (C=N–C) groups is 2. The number of carboxylic acid groups (broad SMARTS) is 1. The van der Waals surface area contributed by atoms with E-state index in [0.717, 1.165) is 84.2 Å². The lowest BCUT2D eigenvalue weighted by Gasteiger charge is -2.32. The third-order valence-corrected chi connectivity index (χ3v) is 23.3. The molecule has 0 bridgehead atoms. The van der Waals surface area contributed by atoms with Gasteiger partial charge < -0.3 is 82.1 Å². The van der Waals surface area contributed by atoms with Crippen LogP contribution in [0.4, 0.5) is 0 Å². The van der Waals surface area contributed by atoms with Crippen LogP contribution < -0.4 is 48.8 Å². The number of benzene rings is 6. The molecule has 6 aromatic carbocycles. The van der Waals surface area contributed by atoms with Crippen molar-refractivity contribution in [1.29, 1.82) is 0 Å². The number of nitrogens with two attached hydrogens (primary N) is 2. The number of hydrogen-bond acceptors (Lipinski definition) is 20. The summed E-state index contributed by atoms with van der Waals surface area (Å²) in [6, 6.07) is 48.9. The minimum atomic E-state index is -1.29. The van der Waals surface area contributed by atoms with Crippen molar-refractivity contribution in [2.75, 3.05) is 73.7 Å². The van der Waals surface area contributed by atoms with Gasteiger partial charge in [-0.2, -0.15) is 0 Å². The third-order valence-electron chi connectivity index (χ3n) is 23.3. The van der Waals surface area contributed by atoms with Gasteiger partial charge in [0, 0.05) is 77.3 Å². The molecular weight excluding hydrogens is 1740 g/mol. The molecule has 2 saturated carbocycles. The third kappa shape index (κ3) is 39.7. The van der Waals surface area contributed by atoms with E-state index in [1.807, 2.05) is 158 Å². The minimum Gasteiger partial charge on any atom is -0.480 e. The first-order valence-corrected chi connectivity index (χ1v) is 45.7. The second kappa shape index (κ2) is 61.6. The predicted octanol–water partition coefficient (Wildman–Crippen LogP) is 8.80. The number of rotatable bonds is 46. The molecule has 0 aromatic heterocycles. The summed E-state index contributed by atoms with van der Waals surface area (Å²) < 4.78 is 21.7. The Morgan fingerprint density at radius 2 is 0.779 bits per heavy atom. The number of esters is 2. The summed E-state index contributed by atoms with van der Waals surface area (Å²) in [7, 11) is 4.33. The summed E-state index contributed by atoms with van der Waals surface area (Å²) in [4.78, 5) is 197. The van der Waals surface area contributed by atoms with Crippen molar-refractivity contribution in [2.45, 2.75) is 227 Å². The van der Waals surface area contributed by atoms with Crippen molar-refractivity contribution in [2.24, 2.45) is 45.1 Å². The van der Waals surface area contributed by atoms with E-state index in [4.69, 9.17) is 30.4 Å². The fourth-order valence-electron chi connectivity index (χ4n) is 16.2. The zero-order chi connectivity index (χ0) is 95.8. The summed E-state index contributed by atoms with van der Waals surface area (Å²) in [6.07, 6.45) is 10.7. The molecule has 11 amide bonds. The Kier molecular flexibility index (Phi) is 51.3. The minimum absolute atomic E-state index is 0. The number of methoxy groups -OCH3 is 2. The smallest absolute Gasteiger partial charge is 0.326 e. The monoisotopic (exact) mass is 1880 g/mol. The number of ether oxygens (including phenoxy) is 4. The number of carbonyl (C=O) groups is 14. The van der Waals surface area contributed by atoms with Gasteiger partial charge in [0.2, 0.25) is 59.1 Å².